The summed E-state index contributed by atoms with van der Waals surface area (Å²) in [6.45, 7) is 9.14. The van der Waals surface area contributed by atoms with Gasteiger partial charge in [-0.15, -0.1) is 0 Å². The lowest BCUT2D eigenvalue weighted by atomic mass is 9.87. The maximum Gasteiger partial charge on any atom is 0.225 e. The van der Waals surface area contributed by atoms with Crippen molar-refractivity contribution in [1.82, 2.24) is 19.8 Å². The average molecular weight is 372 g/mol. The molecule has 3 aliphatic heterocycles. The third-order valence-corrected chi connectivity index (χ3v) is 6.55. The lowest BCUT2D eigenvalue weighted by Crippen LogP contribution is -2.53. The normalized spacial score (nSPS) is 27.5. The van der Waals surface area contributed by atoms with Crippen molar-refractivity contribution in [2.45, 2.75) is 58.2 Å². The molecule has 0 saturated carbocycles. The van der Waals surface area contributed by atoms with Gasteiger partial charge in [0.15, 0.2) is 0 Å². The van der Waals surface area contributed by atoms with E-state index in [1.54, 1.807) is 0 Å². The Morgan fingerprint density at radius 2 is 1.67 bits per heavy atom. The van der Waals surface area contributed by atoms with E-state index in [4.69, 9.17) is 9.97 Å². The Balaban J connectivity index is 1.32. The van der Waals surface area contributed by atoms with Crippen molar-refractivity contribution in [2.75, 3.05) is 38.1 Å². The fraction of sp³-hybridized carbons (Fsp3) is 0.762. The predicted octanol–water partition coefficient (Wildman–Crippen LogP) is 2.20. The number of piperazine rings is 1. The number of anilines is 1. The number of piperidine rings is 1. The van der Waals surface area contributed by atoms with Crippen LogP contribution in [0.25, 0.3) is 0 Å². The number of carbonyl (C=O) groups excluding carboxylic acids is 1. The van der Waals surface area contributed by atoms with Gasteiger partial charge in [0.25, 0.3) is 0 Å². The number of ketones is 1. The highest BCUT2D eigenvalue weighted by Gasteiger charge is 2.40. The third kappa shape index (κ3) is 4.02. The largest absolute Gasteiger partial charge is 0.332 e. The molecule has 4 rings (SSSR count). The van der Waals surface area contributed by atoms with E-state index < -0.39 is 0 Å². The first-order valence-corrected chi connectivity index (χ1v) is 10.5. The van der Waals surface area contributed by atoms with Crippen molar-refractivity contribution in [2.24, 2.45) is 11.8 Å². The molecule has 3 aliphatic rings. The van der Waals surface area contributed by atoms with Crippen LogP contribution in [0.2, 0.25) is 0 Å². The number of aromatic nitrogens is 2. The molecule has 148 valence electrons. The van der Waals surface area contributed by atoms with Crippen LogP contribution >= 0.6 is 0 Å². The summed E-state index contributed by atoms with van der Waals surface area (Å²) in [6, 6.07) is 1.13. The van der Waals surface area contributed by atoms with Crippen LogP contribution in [0.15, 0.2) is 12.4 Å². The van der Waals surface area contributed by atoms with Gasteiger partial charge in [-0.1, -0.05) is 13.8 Å². The quantitative estimate of drug-likeness (QED) is 0.791. The smallest absolute Gasteiger partial charge is 0.225 e. The SMILES string of the molecule is CC(C)C(=O)C1CCN(Cc2cnc(N3C4CCC3CN(C)C4)nc2)CC1. The minimum absolute atomic E-state index is 0.160. The molecule has 2 unspecified atom stereocenters. The Labute approximate surface area is 162 Å². The summed E-state index contributed by atoms with van der Waals surface area (Å²) in [7, 11) is 2.21. The molecule has 1 aromatic heterocycles. The summed E-state index contributed by atoms with van der Waals surface area (Å²) in [4.78, 5) is 28.9. The number of likely N-dealkylation sites (tertiary alicyclic amines) is 2. The van der Waals surface area contributed by atoms with Gasteiger partial charge in [0.05, 0.1) is 0 Å². The van der Waals surface area contributed by atoms with Crippen LogP contribution in [0.4, 0.5) is 5.95 Å². The summed E-state index contributed by atoms with van der Waals surface area (Å²) in [5.41, 5.74) is 1.17. The van der Waals surface area contributed by atoms with E-state index >= 15 is 0 Å². The molecule has 3 saturated heterocycles. The van der Waals surface area contributed by atoms with E-state index in [9.17, 15) is 4.79 Å². The number of hydrogen-bond donors (Lipinski definition) is 0. The van der Waals surface area contributed by atoms with Crippen molar-refractivity contribution >= 4 is 11.7 Å². The molecule has 6 heteroatoms. The molecule has 1 aromatic rings. The highest BCUT2D eigenvalue weighted by atomic mass is 16.1. The molecule has 0 N–H and O–H groups in total. The number of hydrogen-bond acceptors (Lipinski definition) is 6. The summed E-state index contributed by atoms with van der Waals surface area (Å²) < 4.78 is 0. The topological polar surface area (TPSA) is 52.6 Å². The lowest BCUT2D eigenvalue weighted by Gasteiger charge is -2.39. The van der Waals surface area contributed by atoms with E-state index in [0.717, 1.165) is 51.5 Å². The molecule has 2 bridgehead atoms. The number of likely N-dealkylation sites (N-methyl/N-ethyl adjacent to an activating group) is 1. The molecule has 0 aliphatic carbocycles. The average Bonchev–Trinajstić information content (AvgIpc) is 2.93. The van der Waals surface area contributed by atoms with Gasteiger partial charge in [0, 0.05) is 61.5 Å². The van der Waals surface area contributed by atoms with Crippen molar-refractivity contribution in [1.29, 1.82) is 0 Å². The molecule has 0 aromatic carbocycles. The summed E-state index contributed by atoms with van der Waals surface area (Å²) in [5, 5.41) is 0. The molecule has 3 fully saturated rings. The number of nitrogens with zero attached hydrogens (tertiary/aromatic N) is 5. The van der Waals surface area contributed by atoms with Crippen LogP contribution < -0.4 is 4.90 Å². The maximum atomic E-state index is 12.2. The van der Waals surface area contributed by atoms with Crippen LogP contribution in [0.3, 0.4) is 0 Å². The molecular formula is C21H33N5O. The molecule has 0 radical (unpaired) electrons. The number of rotatable bonds is 5. The number of fused-ring (bicyclic) bond motifs is 2. The van der Waals surface area contributed by atoms with Gasteiger partial charge >= 0.3 is 0 Å². The Morgan fingerprint density at radius 1 is 1.07 bits per heavy atom. The third-order valence-electron chi connectivity index (χ3n) is 6.55. The molecule has 4 heterocycles. The van der Waals surface area contributed by atoms with Gasteiger partial charge in [0.2, 0.25) is 5.95 Å². The van der Waals surface area contributed by atoms with Crippen molar-refractivity contribution in [3.8, 4) is 0 Å². The standard InChI is InChI=1S/C21H33N5O/c1-15(2)20(27)17-6-8-25(9-7-17)12-16-10-22-21(23-11-16)26-18-4-5-19(26)14-24(3)13-18/h10-11,15,17-19H,4-9,12-14H2,1-3H3. The summed E-state index contributed by atoms with van der Waals surface area (Å²) >= 11 is 0. The van der Waals surface area contributed by atoms with E-state index in [0.29, 0.717) is 17.9 Å². The van der Waals surface area contributed by atoms with E-state index in [1.165, 1.54) is 18.4 Å². The van der Waals surface area contributed by atoms with Crippen molar-refractivity contribution in [3.63, 3.8) is 0 Å². The zero-order valence-electron chi connectivity index (χ0n) is 17.0. The van der Waals surface area contributed by atoms with Crippen LogP contribution in [-0.2, 0) is 11.3 Å². The molecule has 6 nitrogen and oxygen atoms in total. The number of carbonyl (C=O) groups is 1. The van der Waals surface area contributed by atoms with Crippen molar-refractivity contribution in [3.05, 3.63) is 18.0 Å². The Bertz CT molecular complexity index is 639. The monoisotopic (exact) mass is 371 g/mol. The molecular weight excluding hydrogens is 338 g/mol. The maximum absolute atomic E-state index is 12.2. The summed E-state index contributed by atoms with van der Waals surface area (Å²) in [6.07, 6.45) is 8.49. The Morgan fingerprint density at radius 3 is 2.22 bits per heavy atom. The first-order chi connectivity index (χ1) is 13.0. The van der Waals surface area contributed by atoms with Gasteiger partial charge in [-0.3, -0.25) is 9.69 Å². The number of Topliss-reactive ketones (excluding diaryl/α,β-unsaturated/α-hetero) is 1. The van der Waals surface area contributed by atoms with Gasteiger partial charge < -0.3 is 9.80 Å². The molecule has 0 spiro atoms. The van der Waals surface area contributed by atoms with Gasteiger partial charge in [-0.2, -0.15) is 0 Å². The Hall–Kier alpha value is -1.53. The fourth-order valence-electron chi connectivity index (χ4n) is 5.11. The van der Waals surface area contributed by atoms with E-state index in [2.05, 4.69) is 21.7 Å². The molecule has 2 atom stereocenters. The molecule has 27 heavy (non-hydrogen) atoms. The van der Waals surface area contributed by atoms with Gasteiger partial charge in [-0.25, -0.2) is 9.97 Å². The highest BCUT2D eigenvalue weighted by Crippen LogP contribution is 2.32. The highest BCUT2D eigenvalue weighted by molar-refractivity contribution is 5.82. The Kier molecular flexibility index (Phi) is 5.46. The second kappa shape index (κ2) is 7.84. The first kappa shape index (κ1) is 18.8. The van der Waals surface area contributed by atoms with E-state index in [-0.39, 0.29) is 11.8 Å². The first-order valence-electron chi connectivity index (χ1n) is 10.5. The van der Waals surface area contributed by atoms with Crippen LogP contribution in [0.1, 0.15) is 45.1 Å². The fourth-order valence-corrected chi connectivity index (χ4v) is 5.11. The second-order valence-corrected chi connectivity index (χ2v) is 9.01. The zero-order valence-corrected chi connectivity index (χ0v) is 17.0. The van der Waals surface area contributed by atoms with Crippen LogP contribution in [0, 0.1) is 11.8 Å². The molecule has 0 amide bonds. The van der Waals surface area contributed by atoms with Crippen LogP contribution in [-0.4, -0.2) is 70.9 Å². The predicted molar refractivity (Wildman–Crippen MR) is 107 cm³/mol. The minimum atomic E-state index is 0.160. The second-order valence-electron chi connectivity index (χ2n) is 9.01. The van der Waals surface area contributed by atoms with Crippen LogP contribution in [0.5, 0.6) is 0 Å². The van der Waals surface area contributed by atoms with E-state index in [1.807, 2.05) is 26.2 Å². The van der Waals surface area contributed by atoms with Gasteiger partial charge in [-0.05, 0) is 45.8 Å². The van der Waals surface area contributed by atoms with Crippen molar-refractivity contribution < 1.29 is 4.79 Å². The minimum Gasteiger partial charge on any atom is -0.332 e. The van der Waals surface area contributed by atoms with Gasteiger partial charge in [0.1, 0.15) is 5.78 Å². The lowest BCUT2D eigenvalue weighted by molar-refractivity contribution is -0.127. The zero-order chi connectivity index (χ0) is 19.0. The summed E-state index contributed by atoms with van der Waals surface area (Å²) in [5.74, 6) is 1.75.